The zero-order valence-electron chi connectivity index (χ0n) is 4.76. The van der Waals surface area contributed by atoms with Gasteiger partial charge in [0.25, 0.3) is 0 Å². The van der Waals surface area contributed by atoms with Gasteiger partial charge in [-0.05, 0) is 0 Å². The third-order valence-electron chi connectivity index (χ3n) is 0.727. The number of carbonyl (C=O) groups is 2. The third-order valence-corrected chi connectivity index (χ3v) is 0.727. The molecule has 0 saturated carbocycles. The molecule has 0 fully saturated rings. The minimum Gasteiger partial charge on any atom is -0.481 e. The number of nitrogens with one attached hydrogen (secondary N) is 1. The summed E-state index contributed by atoms with van der Waals surface area (Å²) in [7, 11) is 4.67. The standard InChI is InChI=1S/C4H6BNO3/c5-6-3(7)1-2-4(8)9/h1-2H2,(H,6,7)(H,8,9). The van der Waals surface area contributed by atoms with Gasteiger partial charge in [0, 0.05) is 6.42 Å². The number of amides is 1. The first-order valence-corrected chi connectivity index (χ1v) is 2.38. The van der Waals surface area contributed by atoms with Crippen molar-refractivity contribution in [3.05, 3.63) is 0 Å². The molecule has 0 unspecified atom stereocenters. The second-order valence-electron chi connectivity index (χ2n) is 1.46. The predicted molar refractivity (Wildman–Crippen MR) is 30.8 cm³/mol. The van der Waals surface area contributed by atoms with Crippen molar-refractivity contribution in [3.63, 3.8) is 0 Å². The lowest BCUT2D eigenvalue weighted by Gasteiger charge is -1.93. The molecule has 2 radical (unpaired) electrons. The lowest BCUT2D eigenvalue weighted by Crippen LogP contribution is -2.19. The Morgan fingerprint density at radius 3 is 2.33 bits per heavy atom. The number of hydrogen-bond acceptors (Lipinski definition) is 2. The SMILES string of the molecule is [B]NC(=O)CCC(=O)O. The maximum atomic E-state index is 10.2. The average molecular weight is 127 g/mol. The highest BCUT2D eigenvalue weighted by molar-refractivity contribution is 6.14. The molecule has 0 bridgehead atoms. The number of carboxylic acid groups (broad SMARTS) is 1. The number of rotatable bonds is 3. The first kappa shape index (κ1) is 8.00. The van der Waals surface area contributed by atoms with Crippen LogP contribution in [-0.4, -0.2) is 25.0 Å². The Balaban J connectivity index is 3.28. The Kier molecular flexibility index (Phi) is 3.51. The summed E-state index contributed by atoms with van der Waals surface area (Å²) in [6, 6.07) is 0. The van der Waals surface area contributed by atoms with Gasteiger partial charge in [-0.15, -0.1) is 0 Å². The van der Waals surface area contributed by atoms with Crippen LogP contribution in [0.1, 0.15) is 12.8 Å². The highest BCUT2D eigenvalue weighted by Gasteiger charge is 2.00. The van der Waals surface area contributed by atoms with Crippen LogP contribution < -0.4 is 5.23 Å². The first-order valence-electron chi connectivity index (χ1n) is 2.38. The molecule has 0 heterocycles. The van der Waals surface area contributed by atoms with E-state index >= 15 is 0 Å². The molecule has 0 aromatic heterocycles. The van der Waals surface area contributed by atoms with E-state index in [4.69, 9.17) is 5.11 Å². The molecule has 0 spiro atoms. The van der Waals surface area contributed by atoms with Crippen LogP contribution in [0.4, 0.5) is 0 Å². The van der Waals surface area contributed by atoms with Gasteiger partial charge in [0.15, 0.2) is 0 Å². The third kappa shape index (κ3) is 4.87. The largest absolute Gasteiger partial charge is 0.481 e. The second-order valence-corrected chi connectivity index (χ2v) is 1.46. The molecule has 0 rings (SSSR count). The van der Waals surface area contributed by atoms with E-state index in [-0.39, 0.29) is 12.8 Å². The number of hydrogen-bond donors (Lipinski definition) is 2. The van der Waals surface area contributed by atoms with Crippen molar-refractivity contribution in [2.75, 3.05) is 0 Å². The van der Waals surface area contributed by atoms with E-state index < -0.39 is 11.9 Å². The van der Waals surface area contributed by atoms with E-state index in [1.807, 2.05) is 5.23 Å². The average Bonchev–Trinajstić information content (AvgIpc) is 1.83. The Morgan fingerprint density at radius 2 is 2.00 bits per heavy atom. The Bertz CT molecular complexity index is 125. The summed E-state index contributed by atoms with van der Waals surface area (Å²) >= 11 is 0. The maximum Gasteiger partial charge on any atom is 0.303 e. The van der Waals surface area contributed by atoms with Crippen molar-refractivity contribution in [3.8, 4) is 0 Å². The lowest BCUT2D eigenvalue weighted by atomic mass is 10.2. The fraction of sp³-hybridized carbons (Fsp3) is 0.500. The Hall–Kier alpha value is -0.995. The summed E-state index contributed by atoms with van der Waals surface area (Å²) in [6.07, 6.45) is -0.241. The van der Waals surface area contributed by atoms with Crippen molar-refractivity contribution in [2.24, 2.45) is 0 Å². The minimum absolute atomic E-state index is 0.0637. The normalized spacial score (nSPS) is 8.44. The molecule has 5 heteroatoms. The number of carbonyl (C=O) groups excluding carboxylic acids is 1. The highest BCUT2D eigenvalue weighted by Crippen LogP contribution is 1.86. The molecule has 0 aliphatic carbocycles. The van der Waals surface area contributed by atoms with Gasteiger partial charge >= 0.3 is 5.97 Å². The van der Waals surface area contributed by atoms with Crippen LogP contribution >= 0.6 is 0 Å². The van der Waals surface area contributed by atoms with Crippen molar-refractivity contribution in [1.29, 1.82) is 0 Å². The lowest BCUT2D eigenvalue weighted by molar-refractivity contribution is -0.138. The predicted octanol–water partition coefficient (Wildman–Crippen LogP) is -0.949. The fourth-order valence-electron chi connectivity index (χ4n) is 0.293. The first-order chi connectivity index (χ1) is 4.16. The van der Waals surface area contributed by atoms with Crippen molar-refractivity contribution in [1.82, 2.24) is 5.23 Å². The van der Waals surface area contributed by atoms with Crippen LogP contribution in [0.25, 0.3) is 0 Å². The van der Waals surface area contributed by atoms with Gasteiger partial charge in [0.2, 0.25) is 13.9 Å². The minimum atomic E-state index is -1.00. The van der Waals surface area contributed by atoms with Crippen LogP contribution in [0.15, 0.2) is 0 Å². The Labute approximate surface area is 53.7 Å². The molecular weight excluding hydrogens is 121 g/mol. The smallest absolute Gasteiger partial charge is 0.303 e. The van der Waals surface area contributed by atoms with Gasteiger partial charge in [-0.25, -0.2) is 0 Å². The second kappa shape index (κ2) is 3.94. The van der Waals surface area contributed by atoms with Crippen molar-refractivity contribution < 1.29 is 14.7 Å². The van der Waals surface area contributed by atoms with E-state index in [0.717, 1.165) is 0 Å². The summed E-state index contributed by atoms with van der Waals surface area (Å²) < 4.78 is 0. The van der Waals surface area contributed by atoms with E-state index in [0.29, 0.717) is 0 Å². The zero-order valence-corrected chi connectivity index (χ0v) is 4.76. The van der Waals surface area contributed by atoms with Crippen LogP contribution in [0, 0.1) is 0 Å². The fourth-order valence-corrected chi connectivity index (χ4v) is 0.293. The molecule has 2 N–H and O–H groups in total. The molecule has 48 valence electrons. The molecule has 0 aliphatic rings. The molecule has 0 aromatic rings. The quantitative estimate of drug-likeness (QED) is 0.480. The molecule has 0 aromatic carbocycles. The summed E-state index contributed by atoms with van der Waals surface area (Å²) in [5, 5.41) is 9.86. The van der Waals surface area contributed by atoms with Gasteiger partial charge in [-0.2, -0.15) is 0 Å². The van der Waals surface area contributed by atoms with Gasteiger partial charge in [0.05, 0.1) is 6.42 Å². The van der Waals surface area contributed by atoms with Gasteiger partial charge in [0.1, 0.15) is 0 Å². The van der Waals surface area contributed by atoms with Gasteiger partial charge in [-0.3, -0.25) is 9.59 Å². The summed E-state index contributed by atoms with van der Waals surface area (Å²) in [5.74, 6) is -1.46. The molecule has 1 amide bonds. The zero-order chi connectivity index (χ0) is 7.28. The maximum absolute atomic E-state index is 10.2. The van der Waals surface area contributed by atoms with Crippen LogP contribution in [0.2, 0.25) is 0 Å². The van der Waals surface area contributed by atoms with Crippen LogP contribution in [-0.2, 0) is 9.59 Å². The molecule has 4 nitrogen and oxygen atoms in total. The van der Waals surface area contributed by atoms with E-state index in [2.05, 4.69) is 7.98 Å². The van der Waals surface area contributed by atoms with E-state index in [1.165, 1.54) is 0 Å². The van der Waals surface area contributed by atoms with Crippen molar-refractivity contribution >= 4 is 19.9 Å². The van der Waals surface area contributed by atoms with Crippen LogP contribution in [0.5, 0.6) is 0 Å². The molecule has 0 saturated heterocycles. The van der Waals surface area contributed by atoms with Gasteiger partial charge < -0.3 is 10.3 Å². The molecular formula is C4H6BNO3. The highest BCUT2D eigenvalue weighted by atomic mass is 16.4. The van der Waals surface area contributed by atoms with Crippen LogP contribution in [0.3, 0.4) is 0 Å². The van der Waals surface area contributed by atoms with Crippen molar-refractivity contribution in [2.45, 2.75) is 12.8 Å². The molecule has 9 heavy (non-hydrogen) atoms. The molecule has 0 atom stereocenters. The number of aliphatic carboxylic acids is 1. The summed E-state index contributed by atoms with van der Waals surface area (Å²) in [4.78, 5) is 20.0. The monoisotopic (exact) mass is 127 g/mol. The molecule has 0 aliphatic heterocycles. The number of carboxylic acids is 1. The summed E-state index contributed by atoms with van der Waals surface area (Å²) in [5.41, 5.74) is 0. The topological polar surface area (TPSA) is 66.4 Å². The summed E-state index contributed by atoms with van der Waals surface area (Å²) in [6.45, 7) is 0. The Morgan fingerprint density at radius 1 is 1.44 bits per heavy atom. The van der Waals surface area contributed by atoms with E-state index in [9.17, 15) is 9.59 Å². The van der Waals surface area contributed by atoms with Gasteiger partial charge in [-0.1, -0.05) is 0 Å². The van der Waals surface area contributed by atoms with E-state index in [1.54, 1.807) is 0 Å².